The summed E-state index contributed by atoms with van der Waals surface area (Å²) in [4.78, 5) is 18.4. The number of halogens is 1. The quantitative estimate of drug-likeness (QED) is 0.550. The molecule has 0 bridgehead atoms. The lowest BCUT2D eigenvalue weighted by Crippen LogP contribution is -2.17. The number of aromatic nitrogens is 2. The van der Waals surface area contributed by atoms with Crippen LogP contribution in [0, 0.1) is 5.41 Å². The minimum absolute atomic E-state index is 0.221. The predicted octanol–water partition coefficient (Wildman–Crippen LogP) is 1.90. The molecule has 70 valence electrons. The van der Waals surface area contributed by atoms with E-state index >= 15 is 0 Å². The third kappa shape index (κ3) is 3.11. The second kappa shape index (κ2) is 3.83. The standard InChI is InChI=1S/C9H11ClN2O/c1-9(2,6-13)5-7-3-4-11-8(10)12-7/h3-4,6H,5H2,1-2H3. The van der Waals surface area contributed by atoms with E-state index in [-0.39, 0.29) is 5.28 Å². The van der Waals surface area contributed by atoms with E-state index in [9.17, 15) is 4.79 Å². The van der Waals surface area contributed by atoms with Crippen molar-refractivity contribution in [1.29, 1.82) is 0 Å². The first-order valence-electron chi connectivity index (χ1n) is 3.97. The van der Waals surface area contributed by atoms with E-state index < -0.39 is 5.41 Å². The minimum Gasteiger partial charge on any atom is -0.303 e. The van der Waals surface area contributed by atoms with E-state index in [0.29, 0.717) is 6.42 Å². The highest BCUT2D eigenvalue weighted by Crippen LogP contribution is 2.17. The van der Waals surface area contributed by atoms with Crippen LogP contribution < -0.4 is 0 Å². The van der Waals surface area contributed by atoms with Crippen molar-refractivity contribution in [1.82, 2.24) is 9.97 Å². The molecule has 0 saturated heterocycles. The minimum atomic E-state index is -0.391. The summed E-state index contributed by atoms with van der Waals surface area (Å²) in [5.74, 6) is 0. The molecule has 0 spiro atoms. The van der Waals surface area contributed by atoms with Crippen LogP contribution in [-0.2, 0) is 11.2 Å². The Morgan fingerprint density at radius 3 is 2.85 bits per heavy atom. The molecule has 0 fully saturated rings. The number of hydrogen-bond acceptors (Lipinski definition) is 3. The summed E-state index contributed by atoms with van der Waals surface area (Å²) in [5.41, 5.74) is 0.398. The third-order valence-corrected chi connectivity index (χ3v) is 1.82. The maximum atomic E-state index is 10.6. The maximum Gasteiger partial charge on any atom is 0.222 e. The lowest BCUT2D eigenvalue weighted by Gasteiger charge is -2.15. The van der Waals surface area contributed by atoms with Gasteiger partial charge in [-0.2, -0.15) is 0 Å². The maximum absolute atomic E-state index is 10.6. The fourth-order valence-electron chi connectivity index (χ4n) is 0.976. The van der Waals surface area contributed by atoms with Gasteiger partial charge in [0, 0.05) is 23.7 Å². The Kier molecular flexibility index (Phi) is 2.98. The number of hydrogen-bond donors (Lipinski definition) is 0. The van der Waals surface area contributed by atoms with Crippen LogP contribution in [0.3, 0.4) is 0 Å². The molecular weight excluding hydrogens is 188 g/mol. The summed E-state index contributed by atoms with van der Waals surface area (Å²) in [6.45, 7) is 3.71. The molecule has 1 aromatic rings. The van der Waals surface area contributed by atoms with Gasteiger partial charge in [-0.05, 0) is 17.7 Å². The number of aldehydes is 1. The van der Waals surface area contributed by atoms with Crippen LogP contribution in [0.25, 0.3) is 0 Å². The van der Waals surface area contributed by atoms with Gasteiger partial charge in [0.05, 0.1) is 0 Å². The van der Waals surface area contributed by atoms with Crippen molar-refractivity contribution < 1.29 is 4.79 Å². The first kappa shape index (κ1) is 10.1. The average Bonchev–Trinajstić information content (AvgIpc) is 2.03. The number of nitrogens with zero attached hydrogens (tertiary/aromatic N) is 2. The lowest BCUT2D eigenvalue weighted by molar-refractivity contribution is -0.114. The molecule has 0 unspecified atom stereocenters. The SMILES string of the molecule is CC(C)(C=O)Cc1ccnc(Cl)n1. The monoisotopic (exact) mass is 198 g/mol. The van der Waals surface area contributed by atoms with Gasteiger partial charge in [-0.25, -0.2) is 9.97 Å². The molecule has 0 aromatic carbocycles. The summed E-state index contributed by atoms with van der Waals surface area (Å²) in [6, 6.07) is 1.76. The van der Waals surface area contributed by atoms with Crippen LogP contribution in [0.15, 0.2) is 12.3 Å². The van der Waals surface area contributed by atoms with Crippen LogP contribution in [0.2, 0.25) is 5.28 Å². The summed E-state index contributed by atoms with van der Waals surface area (Å²) < 4.78 is 0. The summed E-state index contributed by atoms with van der Waals surface area (Å²) >= 11 is 5.61. The smallest absolute Gasteiger partial charge is 0.222 e. The lowest BCUT2D eigenvalue weighted by atomic mass is 9.90. The van der Waals surface area contributed by atoms with Crippen LogP contribution in [0.1, 0.15) is 19.5 Å². The molecule has 1 rings (SSSR count). The fraction of sp³-hybridized carbons (Fsp3) is 0.444. The van der Waals surface area contributed by atoms with Crippen molar-refractivity contribution >= 4 is 17.9 Å². The van der Waals surface area contributed by atoms with E-state index in [2.05, 4.69) is 9.97 Å². The van der Waals surface area contributed by atoms with Crippen molar-refractivity contribution in [3.8, 4) is 0 Å². The molecule has 1 heterocycles. The van der Waals surface area contributed by atoms with Gasteiger partial charge in [0.25, 0.3) is 0 Å². The van der Waals surface area contributed by atoms with Gasteiger partial charge in [0.2, 0.25) is 5.28 Å². The molecule has 0 amide bonds. The molecule has 0 N–H and O–H groups in total. The summed E-state index contributed by atoms with van der Waals surface area (Å²) in [6.07, 6.45) is 3.09. The molecule has 3 nitrogen and oxygen atoms in total. The molecule has 4 heteroatoms. The summed E-state index contributed by atoms with van der Waals surface area (Å²) in [5, 5.41) is 0.221. The van der Waals surface area contributed by atoms with Gasteiger partial charge in [-0.1, -0.05) is 13.8 Å². The molecular formula is C9H11ClN2O. The topological polar surface area (TPSA) is 42.9 Å². The highest BCUT2D eigenvalue weighted by atomic mass is 35.5. The van der Waals surface area contributed by atoms with Gasteiger partial charge in [-0.3, -0.25) is 0 Å². The van der Waals surface area contributed by atoms with Gasteiger partial charge in [0.1, 0.15) is 6.29 Å². The Morgan fingerprint density at radius 2 is 2.31 bits per heavy atom. The van der Waals surface area contributed by atoms with Crippen molar-refractivity contribution in [2.75, 3.05) is 0 Å². The summed E-state index contributed by atoms with van der Waals surface area (Å²) in [7, 11) is 0. The first-order chi connectivity index (χ1) is 6.03. The van der Waals surface area contributed by atoms with Gasteiger partial charge in [0.15, 0.2) is 0 Å². The van der Waals surface area contributed by atoms with E-state index in [0.717, 1.165) is 12.0 Å². The Balaban J connectivity index is 2.80. The Morgan fingerprint density at radius 1 is 1.62 bits per heavy atom. The Hall–Kier alpha value is -0.960. The molecule has 13 heavy (non-hydrogen) atoms. The third-order valence-electron chi connectivity index (χ3n) is 1.64. The second-order valence-electron chi connectivity index (χ2n) is 3.60. The number of carbonyl (C=O) groups is 1. The van der Waals surface area contributed by atoms with Crippen molar-refractivity contribution in [2.45, 2.75) is 20.3 Å². The van der Waals surface area contributed by atoms with E-state index in [1.807, 2.05) is 13.8 Å². The zero-order valence-electron chi connectivity index (χ0n) is 7.62. The molecule has 1 aromatic heterocycles. The molecule has 0 aliphatic rings. The zero-order chi connectivity index (χ0) is 9.90. The zero-order valence-corrected chi connectivity index (χ0v) is 8.38. The molecule has 0 aliphatic heterocycles. The number of rotatable bonds is 3. The van der Waals surface area contributed by atoms with Gasteiger partial charge >= 0.3 is 0 Å². The molecule has 0 aliphatic carbocycles. The van der Waals surface area contributed by atoms with Crippen molar-refractivity contribution in [2.24, 2.45) is 5.41 Å². The average molecular weight is 199 g/mol. The highest BCUT2D eigenvalue weighted by molar-refractivity contribution is 6.28. The van der Waals surface area contributed by atoms with Gasteiger partial charge in [-0.15, -0.1) is 0 Å². The van der Waals surface area contributed by atoms with E-state index in [4.69, 9.17) is 11.6 Å². The second-order valence-corrected chi connectivity index (χ2v) is 3.94. The highest BCUT2D eigenvalue weighted by Gasteiger charge is 2.17. The fourth-order valence-corrected chi connectivity index (χ4v) is 1.14. The molecule has 0 radical (unpaired) electrons. The van der Waals surface area contributed by atoms with Crippen molar-refractivity contribution in [3.63, 3.8) is 0 Å². The van der Waals surface area contributed by atoms with E-state index in [1.165, 1.54) is 0 Å². The Labute approximate surface area is 82.2 Å². The van der Waals surface area contributed by atoms with Gasteiger partial charge < -0.3 is 4.79 Å². The van der Waals surface area contributed by atoms with Crippen molar-refractivity contribution in [3.05, 3.63) is 23.2 Å². The predicted molar refractivity (Wildman–Crippen MR) is 50.6 cm³/mol. The Bertz CT molecular complexity index is 312. The van der Waals surface area contributed by atoms with Crippen LogP contribution >= 0.6 is 11.6 Å². The molecule has 0 saturated carbocycles. The largest absolute Gasteiger partial charge is 0.303 e. The normalized spacial score (nSPS) is 11.3. The van der Waals surface area contributed by atoms with E-state index in [1.54, 1.807) is 12.3 Å². The first-order valence-corrected chi connectivity index (χ1v) is 4.35. The van der Waals surface area contributed by atoms with Crippen LogP contribution in [0.5, 0.6) is 0 Å². The molecule has 0 atom stereocenters. The van der Waals surface area contributed by atoms with Crippen LogP contribution in [0.4, 0.5) is 0 Å². The number of carbonyl (C=O) groups excluding carboxylic acids is 1. The van der Waals surface area contributed by atoms with Crippen LogP contribution in [-0.4, -0.2) is 16.3 Å².